The summed E-state index contributed by atoms with van der Waals surface area (Å²) < 4.78 is 15.8. The zero-order valence-corrected chi connectivity index (χ0v) is 11.4. The van der Waals surface area contributed by atoms with Crippen molar-refractivity contribution in [3.8, 4) is 17.2 Å². The monoisotopic (exact) mass is 272 g/mol. The van der Waals surface area contributed by atoms with Gasteiger partial charge in [-0.05, 0) is 47.9 Å². The molecule has 4 nitrogen and oxygen atoms in total. The maximum atomic E-state index is 10.5. The van der Waals surface area contributed by atoms with E-state index in [0.717, 1.165) is 22.4 Å². The second-order valence-electron chi connectivity index (χ2n) is 4.74. The predicted octanol–water partition coefficient (Wildman–Crippen LogP) is 2.81. The normalized spacial score (nSPS) is 14.2. The molecule has 1 aliphatic heterocycles. The summed E-state index contributed by atoms with van der Waals surface area (Å²) in [6, 6.07) is 11.1. The van der Waals surface area contributed by atoms with Gasteiger partial charge in [0.1, 0.15) is 11.9 Å². The van der Waals surface area contributed by atoms with Gasteiger partial charge in [-0.2, -0.15) is 0 Å². The second-order valence-corrected chi connectivity index (χ2v) is 4.74. The van der Waals surface area contributed by atoms with Crippen molar-refractivity contribution in [1.29, 1.82) is 0 Å². The van der Waals surface area contributed by atoms with Gasteiger partial charge < -0.3 is 19.3 Å². The van der Waals surface area contributed by atoms with E-state index < -0.39 is 6.10 Å². The van der Waals surface area contributed by atoms with Gasteiger partial charge in [-0.25, -0.2) is 0 Å². The van der Waals surface area contributed by atoms with Gasteiger partial charge in [0, 0.05) is 0 Å². The van der Waals surface area contributed by atoms with Crippen molar-refractivity contribution in [3.05, 3.63) is 53.1 Å². The third-order valence-corrected chi connectivity index (χ3v) is 3.48. The van der Waals surface area contributed by atoms with Crippen LogP contribution in [-0.2, 0) is 0 Å². The third kappa shape index (κ3) is 2.18. The average Bonchev–Trinajstić information content (AvgIpc) is 2.93. The van der Waals surface area contributed by atoms with Crippen LogP contribution in [0.1, 0.15) is 22.8 Å². The first-order valence-corrected chi connectivity index (χ1v) is 6.41. The van der Waals surface area contributed by atoms with E-state index in [-0.39, 0.29) is 6.79 Å². The van der Waals surface area contributed by atoms with Crippen LogP contribution in [0.3, 0.4) is 0 Å². The van der Waals surface area contributed by atoms with Gasteiger partial charge in [0.05, 0.1) is 7.11 Å². The van der Waals surface area contributed by atoms with E-state index in [2.05, 4.69) is 0 Å². The standard InChI is InChI=1S/C16H16O4/c1-10-7-12(18-2)4-5-13(10)16(17)11-3-6-14-15(8-11)20-9-19-14/h3-8,16-17H,9H2,1-2H3. The topological polar surface area (TPSA) is 47.9 Å². The summed E-state index contributed by atoms with van der Waals surface area (Å²) in [5.74, 6) is 2.17. The first-order chi connectivity index (χ1) is 9.69. The fourth-order valence-corrected chi connectivity index (χ4v) is 2.34. The number of aliphatic hydroxyl groups is 1. The molecule has 0 fully saturated rings. The minimum Gasteiger partial charge on any atom is -0.497 e. The Kier molecular flexibility index (Phi) is 3.24. The largest absolute Gasteiger partial charge is 0.497 e. The molecule has 0 amide bonds. The van der Waals surface area contributed by atoms with Gasteiger partial charge in [0.2, 0.25) is 6.79 Å². The van der Waals surface area contributed by atoms with Gasteiger partial charge in [-0.3, -0.25) is 0 Å². The van der Waals surface area contributed by atoms with Crippen molar-refractivity contribution in [1.82, 2.24) is 0 Å². The summed E-state index contributed by atoms with van der Waals surface area (Å²) in [6.07, 6.45) is -0.699. The second kappa shape index (κ2) is 5.06. The molecule has 0 bridgehead atoms. The van der Waals surface area contributed by atoms with Gasteiger partial charge in [-0.15, -0.1) is 0 Å². The molecule has 20 heavy (non-hydrogen) atoms. The average molecular weight is 272 g/mol. The lowest BCUT2D eigenvalue weighted by atomic mass is 9.97. The molecule has 0 spiro atoms. The molecule has 0 saturated heterocycles. The van der Waals surface area contributed by atoms with Crippen LogP contribution in [-0.4, -0.2) is 19.0 Å². The van der Waals surface area contributed by atoms with Crippen LogP contribution in [0.4, 0.5) is 0 Å². The van der Waals surface area contributed by atoms with Crippen molar-refractivity contribution in [2.45, 2.75) is 13.0 Å². The summed E-state index contributed by atoms with van der Waals surface area (Å²) in [4.78, 5) is 0. The highest BCUT2D eigenvalue weighted by molar-refractivity contribution is 5.48. The van der Waals surface area contributed by atoms with Crippen LogP contribution in [0.5, 0.6) is 17.2 Å². The third-order valence-electron chi connectivity index (χ3n) is 3.48. The number of hydrogen-bond acceptors (Lipinski definition) is 4. The van der Waals surface area contributed by atoms with Crippen molar-refractivity contribution in [3.63, 3.8) is 0 Å². The van der Waals surface area contributed by atoms with Gasteiger partial charge in [0.25, 0.3) is 0 Å². The number of hydrogen-bond donors (Lipinski definition) is 1. The van der Waals surface area contributed by atoms with Gasteiger partial charge in [0.15, 0.2) is 11.5 Å². The van der Waals surface area contributed by atoms with E-state index in [1.807, 2.05) is 43.3 Å². The Labute approximate surface area is 117 Å². The van der Waals surface area contributed by atoms with Crippen LogP contribution in [0, 0.1) is 6.92 Å². The van der Waals surface area contributed by atoms with Gasteiger partial charge >= 0.3 is 0 Å². The van der Waals surface area contributed by atoms with Crippen molar-refractivity contribution < 1.29 is 19.3 Å². The Bertz CT molecular complexity index is 636. The Morgan fingerprint density at radius 1 is 1.10 bits per heavy atom. The molecule has 3 rings (SSSR count). The molecule has 1 unspecified atom stereocenters. The number of ether oxygens (including phenoxy) is 3. The highest BCUT2D eigenvalue weighted by atomic mass is 16.7. The molecule has 4 heteroatoms. The van der Waals surface area contributed by atoms with Crippen molar-refractivity contribution >= 4 is 0 Å². The van der Waals surface area contributed by atoms with Crippen LogP contribution in [0.15, 0.2) is 36.4 Å². The van der Waals surface area contributed by atoms with Crippen LogP contribution in [0.2, 0.25) is 0 Å². The van der Waals surface area contributed by atoms with Crippen LogP contribution in [0.25, 0.3) is 0 Å². The summed E-state index contributed by atoms with van der Waals surface area (Å²) >= 11 is 0. The summed E-state index contributed by atoms with van der Waals surface area (Å²) in [5.41, 5.74) is 2.61. The molecule has 0 aromatic heterocycles. The van der Waals surface area contributed by atoms with E-state index in [9.17, 15) is 5.11 Å². The number of rotatable bonds is 3. The molecule has 1 N–H and O–H groups in total. The quantitative estimate of drug-likeness (QED) is 0.933. The smallest absolute Gasteiger partial charge is 0.231 e. The fourth-order valence-electron chi connectivity index (χ4n) is 2.34. The zero-order valence-electron chi connectivity index (χ0n) is 11.4. The lowest BCUT2D eigenvalue weighted by Gasteiger charge is -2.15. The maximum Gasteiger partial charge on any atom is 0.231 e. The number of aryl methyl sites for hydroxylation is 1. The van der Waals surface area contributed by atoms with E-state index in [4.69, 9.17) is 14.2 Å². The Morgan fingerprint density at radius 2 is 1.90 bits per heavy atom. The highest BCUT2D eigenvalue weighted by Crippen LogP contribution is 2.36. The molecule has 0 radical (unpaired) electrons. The first-order valence-electron chi connectivity index (χ1n) is 6.41. The molecule has 2 aromatic rings. The maximum absolute atomic E-state index is 10.5. The first kappa shape index (κ1) is 12.8. The summed E-state index contributed by atoms with van der Waals surface area (Å²) in [5, 5.41) is 10.5. The molecule has 0 saturated carbocycles. The van der Waals surface area contributed by atoms with Crippen molar-refractivity contribution in [2.75, 3.05) is 13.9 Å². The van der Waals surface area contributed by atoms with Gasteiger partial charge in [-0.1, -0.05) is 12.1 Å². The number of benzene rings is 2. The molecule has 1 atom stereocenters. The minimum absolute atomic E-state index is 0.233. The fraction of sp³-hybridized carbons (Fsp3) is 0.250. The molecule has 0 aliphatic carbocycles. The Balaban J connectivity index is 1.94. The summed E-state index contributed by atoms with van der Waals surface area (Å²) in [7, 11) is 1.63. The Hall–Kier alpha value is -2.20. The zero-order chi connectivity index (χ0) is 14.1. The lowest BCUT2D eigenvalue weighted by Crippen LogP contribution is -2.02. The number of methoxy groups -OCH3 is 1. The molecular weight excluding hydrogens is 256 g/mol. The SMILES string of the molecule is COc1ccc(C(O)c2ccc3c(c2)OCO3)c(C)c1. The summed E-state index contributed by atoms with van der Waals surface area (Å²) in [6.45, 7) is 2.19. The van der Waals surface area contributed by atoms with E-state index >= 15 is 0 Å². The minimum atomic E-state index is -0.699. The number of aliphatic hydroxyl groups excluding tert-OH is 1. The molecule has 1 heterocycles. The van der Waals surface area contributed by atoms with E-state index in [0.29, 0.717) is 11.5 Å². The molecular formula is C16H16O4. The van der Waals surface area contributed by atoms with E-state index in [1.54, 1.807) is 7.11 Å². The Morgan fingerprint density at radius 3 is 2.65 bits per heavy atom. The van der Waals surface area contributed by atoms with Crippen molar-refractivity contribution in [2.24, 2.45) is 0 Å². The molecule has 104 valence electrons. The van der Waals surface area contributed by atoms with Crippen LogP contribution < -0.4 is 14.2 Å². The van der Waals surface area contributed by atoms with Crippen LogP contribution >= 0.6 is 0 Å². The predicted molar refractivity (Wildman–Crippen MR) is 74.4 cm³/mol. The lowest BCUT2D eigenvalue weighted by molar-refractivity contribution is 0.173. The van der Waals surface area contributed by atoms with E-state index in [1.165, 1.54) is 0 Å². The highest BCUT2D eigenvalue weighted by Gasteiger charge is 2.18. The molecule has 1 aliphatic rings. The molecule has 2 aromatic carbocycles. The number of fused-ring (bicyclic) bond motifs is 1.